The number of anilines is 1. The fraction of sp³-hybridized carbons (Fsp3) is 0.562. The molecule has 1 aliphatic carbocycles. The van der Waals surface area contributed by atoms with Crippen LogP contribution in [0.25, 0.3) is 0 Å². The van der Waals surface area contributed by atoms with E-state index in [0.29, 0.717) is 22.9 Å². The van der Waals surface area contributed by atoms with Crippen LogP contribution < -0.4 is 15.8 Å². The number of nitrogens with two attached hydrogens (primary N) is 1. The van der Waals surface area contributed by atoms with Gasteiger partial charge in [-0.05, 0) is 43.7 Å². The molecule has 0 aliphatic heterocycles. The molecule has 2 rings (SSSR count). The highest BCUT2D eigenvalue weighted by Crippen LogP contribution is 2.31. The van der Waals surface area contributed by atoms with E-state index in [1.807, 2.05) is 0 Å². The Morgan fingerprint density at radius 1 is 1.48 bits per heavy atom. The van der Waals surface area contributed by atoms with Gasteiger partial charge in [0.2, 0.25) is 0 Å². The zero-order chi connectivity index (χ0) is 15.5. The van der Waals surface area contributed by atoms with Gasteiger partial charge in [-0.25, -0.2) is 0 Å². The van der Waals surface area contributed by atoms with Crippen molar-refractivity contribution >= 4 is 11.6 Å². The lowest BCUT2D eigenvalue weighted by Crippen LogP contribution is -2.45. The smallest absolute Gasteiger partial charge is 0.253 e. The molecule has 1 aromatic rings. The summed E-state index contributed by atoms with van der Waals surface area (Å²) in [5, 5.41) is 13.3. The summed E-state index contributed by atoms with van der Waals surface area (Å²) in [6, 6.07) is 4.95. The molecule has 0 bridgehead atoms. The topological polar surface area (TPSA) is 84.6 Å². The number of hydrogen-bond acceptors (Lipinski definition) is 4. The molecule has 0 spiro atoms. The second kappa shape index (κ2) is 6.35. The Kier molecular flexibility index (Phi) is 4.73. The van der Waals surface area contributed by atoms with Crippen molar-refractivity contribution in [1.82, 2.24) is 5.32 Å². The Morgan fingerprint density at radius 3 is 2.71 bits per heavy atom. The lowest BCUT2D eigenvalue weighted by atomic mass is 9.79. The predicted octanol–water partition coefficient (Wildman–Crippen LogP) is 1.95. The highest BCUT2D eigenvalue weighted by molar-refractivity contribution is 5.99. The van der Waals surface area contributed by atoms with Crippen LogP contribution in [-0.4, -0.2) is 30.3 Å². The third kappa shape index (κ3) is 3.88. The van der Waals surface area contributed by atoms with Gasteiger partial charge in [-0.3, -0.25) is 4.79 Å². The molecule has 1 aromatic carbocycles. The van der Waals surface area contributed by atoms with Gasteiger partial charge in [-0.15, -0.1) is 0 Å². The fourth-order valence-corrected chi connectivity index (χ4v) is 2.69. The Labute approximate surface area is 125 Å². The molecular weight excluding hydrogens is 268 g/mol. The number of carbonyl (C=O) groups excluding carboxylic acids is 1. The molecule has 1 fully saturated rings. The number of rotatable bonds is 4. The lowest BCUT2D eigenvalue weighted by molar-refractivity contribution is -0.00539. The van der Waals surface area contributed by atoms with E-state index in [-0.39, 0.29) is 12.5 Å². The normalized spacial score (nSPS) is 25.4. The van der Waals surface area contributed by atoms with E-state index in [0.717, 1.165) is 25.7 Å². The maximum absolute atomic E-state index is 12.2. The maximum Gasteiger partial charge on any atom is 0.253 e. The minimum atomic E-state index is -0.788. The standard InChI is InChI=1S/C16H24N2O3/c1-11-5-7-16(20,8-6-11)10-18-15(19)13-4-3-12(21-2)9-14(13)17/h3-4,9,11,20H,5-8,10,17H2,1-2H3,(H,18,19). The van der Waals surface area contributed by atoms with Gasteiger partial charge >= 0.3 is 0 Å². The first-order valence-electron chi connectivity index (χ1n) is 7.37. The molecule has 0 saturated heterocycles. The zero-order valence-electron chi connectivity index (χ0n) is 12.7. The first-order valence-corrected chi connectivity index (χ1v) is 7.37. The Balaban J connectivity index is 1.95. The van der Waals surface area contributed by atoms with Crippen molar-refractivity contribution in [2.24, 2.45) is 5.92 Å². The Hall–Kier alpha value is -1.75. The summed E-state index contributed by atoms with van der Waals surface area (Å²) >= 11 is 0. The molecule has 4 N–H and O–H groups in total. The molecular formula is C16H24N2O3. The molecule has 0 radical (unpaired) electrons. The third-order valence-corrected chi connectivity index (χ3v) is 4.29. The van der Waals surface area contributed by atoms with Crippen LogP contribution in [0.1, 0.15) is 43.0 Å². The van der Waals surface area contributed by atoms with Crippen molar-refractivity contribution in [2.75, 3.05) is 19.4 Å². The molecule has 0 atom stereocenters. The van der Waals surface area contributed by atoms with E-state index in [1.54, 1.807) is 25.3 Å². The average Bonchev–Trinajstić information content (AvgIpc) is 2.48. The van der Waals surface area contributed by atoms with Crippen molar-refractivity contribution in [1.29, 1.82) is 0 Å². The molecule has 0 unspecified atom stereocenters. The van der Waals surface area contributed by atoms with Gasteiger partial charge in [0.05, 0.1) is 18.3 Å². The van der Waals surface area contributed by atoms with Crippen molar-refractivity contribution in [3.8, 4) is 5.75 Å². The van der Waals surface area contributed by atoms with Crippen LogP contribution in [0, 0.1) is 5.92 Å². The number of methoxy groups -OCH3 is 1. The second-order valence-electron chi connectivity index (χ2n) is 6.04. The first-order chi connectivity index (χ1) is 9.93. The molecule has 0 heterocycles. The number of hydrogen-bond donors (Lipinski definition) is 3. The van der Waals surface area contributed by atoms with Crippen LogP contribution in [0.4, 0.5) is 5.69 Å². The summed E-state index contributed by atoms with van der Waals surface area (Å²) in [7, 11) is 1.55. The fourth-order valence-electron chi connectivity index (χ4n) is 2.69. The summed E-state index contributed by atoms with van der Waals surface area (Å²) in [5.74, 6) is 1.00. The molecule has 5 nitrogen and oxygen atoms in total. The molecule has 1 aliphatic rings. The van der Waals surface area contributed by atoms with Crippen molar-refractivity contribution in [2.45, 2.75) is 38.2 Å². The zero-order valence-corrected chi connectivity index (χ0v) is 12.7. The minimum Gasteiger partial charge on any atom is -0.497 e. The average molecular weight is 292 g/mol. The van der Waals surface area contributed by atoms with Gasteiger partial charge in [0.25, 0.3) is 5.91 Å². The summed E-state index contributed by atoms with van der Waals surface area (Å²) in [6.07, 6.45) is 3.45. The molecule has 5 heteroatoms. The van der Waals surface area contributed by atoms with Gasteiger partial charge in [-0.1, -0.05) is 6.92 Å². The molecule has 1 saturated carbocycles. The third-order valence-electron chi connectivity index (χ3n) is 4.29. The molecule has 0 aromatic heterocycles. The van der Waals surface area contributed by atoms with Crippen LogP contribution in [0.5, 0.6) is 5.75 Å². The summed E-state index contributed by atoms with van der Waals surface area (Å²) in [4.78, 5) is 12.2. The van der Waals surface area contributed by atoms with Gasteiger partial charge in [-0.2, -0.15) is 0 Å². The number of ether oxygens (including phenoxy) is 1. The Morgan fingerprint density at radius 2 is 2.14 bits per heavy atom. The first kappa shape index (κ1) is 15.6. The van der Waals surface area contributed by atoms with Gasteiger partial charge in [0, 0.05) is 18.3 Å². The molecule has 21 heavy (non-hydrogen) atoms. The molecule has 116 valence electrons. The quantitative estimate of drug-likeness (QED) is 0.741. The van der Waals surface area contributed by atoms with Gasteiger partial charge in [0.1, 0.15) is 5.75 Å². The van der Waals surface area contributed by atoms with Crippen molar-refractivity contribution in [3.05, 3.63) is 23.8 Å². The summed E-state index contributed by atoms with van der Waals surface area (Å²) < 4.78 is 5.06. The SMILES string of the molecule is COc1ccc(C(=O)NCC2(O)CCC(C)CC2)c(N)c1. The lowest BCUT2D eigenvalue weighted by Gasteiger charge is -2.35. The number of aliphatic hydroxyl groups is 1. The van der Waals surface area contributed by atoms with Crippen molar-refractivity contribution in [3.63, 3.8) is 0 Å². The van der Waals surface area contributed by atoms with E-state index in [4.69, 9.17) is 10.5 Å². The second-order valence-corrected chi connectivity index (χ2v) is 6.04. The summed E-state index contributed by atoms with van der Waals surface area (Å²) in [6.45, 7) is 2.46. The van der Waals surface area contributed by atoms with E-state index < -0.39 is 5.60 Å². The largest absolute Gasteiger partial charge is 0.497 e. The van der Waals surface area contributed by atoms with E-state index >= 15 is 0 Å². The minimum absolute atomic E-state index is 0.262. The number of carbonyl (C=O) groups is 1. The van der Waals surface area contributed by atoms with E-state index in [1.165, 1.54) is 0 Å². The monoisotopic (exact) mass is 292 g/mol. The van der Waals surface area contributed by atoms with Crippen LogP contribution in [0.15, 0.2) is 18.2 Å². The summed E-state index contributed by atoms with van der Waals surface area (Å²) in [5.41, 5.74) is 5.84. The predicted molar refractivity (Wildman–Crippen MR) is 82.3 cm³/mol. The number of amides is 1. The highest BCUT2D eigenvalue weighted by atomic mass is 16.5. The maximum atomic E-state index is 12.2. The highest BCUT2D eigenvalue weighted by Gasteiger charge is 2.32. The van der Waals surface area contributed by atoms with Gasteiger partial charge in [0.15, 0.2) is 0 Å². The van der Waals surface area contributed by atoms with E-state index in [9.17, 15) is 9.90 Å². The number of nitrogens with one attached hydrogen (secondary N) is 1. The molecule has 1 amide bonds. The van der Waals surface area contributed by atoms with Crippen LogP contribution in [-0.2, 0) is 0 Å². The number of benzene rings is 1. The van der Waals surface area contributed by atoms with E-state index in [2.05, 4.69) is 12.2 Å². The van der Waals surface area contributed by atoms with Gasteiger partial charge < -0.3 is 20.9 Å². The van der Waals surface area contributed by atoms with Crippen LogP contribution in [0.3, 0.4) is 0 Å². The van der Waals surface area contributed by atoms with Crippen molar-refractivity contribution < 1.29 is 14.6 Å². The van der Waals surface area contributed by atoms with Crippen LogP contribution in [0.2, 0.25) is 0 Å². The van der Waals surface area contributed by atoms with Crippen LogP contribution >= 0.6 is 0 Å². The number of nitrogen functional groups attached to an aromatic ring is 1. The Bertz CT molecular complexity index is 508.